The Balaban J connectivity index is 1.56. The lowest BCUT2D eigenvalue weighted by atomic mass is 10.1. The van der Waals surface area contributed by atoms with Crippen LogP contribution in [0.1, 0.15) is 11.1 Å². The predicted molar refractivity (Wildman–Crippen MR) is 81.0 cm³/mol. The van der Waals surface area contributed by atoms with E-state index in [1.807, 2.05) is 12.1 Å². The zero-order valence-electron chi connectivity index (χ0n) is 11.5. The molecule has 1 aromatic heterocycles. The van der Waals surface area contributed by atoms with Gasteiger partial charge in [0.2, 0.25) is 0 Å². The van der Waals surface area contributed by atoms with Crippen LogP contribution in [0.4, 0.5) is 4.39 Å². The molecule has 21 heavy (non-hydrogen) atoms. The molecule has 0 aliphatic heterocycles. The molecule has 0 aliphatic carbocycles. The lowest BCUT2D eigenvalue weighted by Crippen LogP contribution is -2.12. The van der Waals surface area contributed by atoms with Crippen LogP contribution >= 0.6 is 0 Å². The minimum absolute atomic E-state index is 0.196. The normalized spacial score (nSPS) is 10.7. The lowest BCUT2D eigenvalue weighted by Gasteiger charge is -2.06. The van der Waals surface area contributed by atoms with E-state index in [2.05, 4.69) is 39.8 Å². The van der Waals surface area contributed by atoms with Crippen molar-refractivity contribution in [3.05, 3.63) is 77.7 Å². The van der Waals surface area contributed by atoms with Gasteiger partial charge in [-0.15, -0.1) is 0 Å². The van der Waals surface area contributed by atoms with Crippen LogP contribution < -0.4 is 5.32 Å². The fraction of sp³-hybridized carbons (Fsp3) is 0.118. The topological polar surface area (TPSA) is 40.7 Å². The highest BCUT2D eigenvalue weighted by molar-refractivity contribution is 5.58. The molecule has 0 amide bonds. The summed E-state index contributed by atoms with van der Waals surface area (Å²) < 4.78 is 13.1. The molecule has 0 spiro atoms. The van der Waals surface area contributed by atoms with Crippen molar-refractivity contribution in [3.63, 3.8) is 0 Å². The van der Waals surface area contributed by atoms with Crippen LogP contribution in [0.2, 0.25) is 0 Å². The maximum atomic E-state index is 13.1. The van der Waals surface area contributed by atoms with Gasteiger partial charge in [-0.3, -0.25) is 5.10 Å². The Hall–Kier alpha value is -2.46. The number of aromatic nitrogens is 2. The molecule has 3 aromatic rings. The average molecular weight is 281 g/mol. The van der Waals surface area contributed by atoms with Gasteiger partial charge in [-0.2, -0.15) is 5.10 Å². The Labute approximate surface area is 122 Å². The first-order valence-electron chi connectivity index (χ1n) is 6.85. The van der Waals surface area contributed by atoms with Gasteiger partial charge in [-0.05, 0) is 34.9 Å². The number of nitrogens with one attached hydrogen (secondary N) is 2. The Morgan fingerprint density at radius 3 is 2.48 bits per heavy atom. The highest BCUT2D eigenvalue weighted by Gasteiger charge is 1.99. The van der Waals surface area contributed by atoms with Crippen LogP contribution in [0.15, 0.2) is 60.8 Å². The smallest absolute Gasteiger partial charge is 0.123 e. The molecule has 0 radical (unpaired) electrons. The van der Waals surface area contributed by atoms with E-state index in [0.29, 0.717) is 6.54 Å². The summed E-state index contributed by atoms with van der Waals surface area (Å²) in [5, 5.41) is 10.2. The highest BCUT2D eigenvalue weighted by atomic mass is 19.1. The van der Waals surface area contributed by atoms with Gasteiger partial charge in [-0.25, -0.2) is 4.39 Å². The van der Waals surface area contributed by atoms with Gasteiger partial charge in [0.15, 0.2) is 0 Å². The summed E-state index contributed by atoms with van der Waals surface area (Å²) >= 11 is 0. The molecule has 0 atom stereocenters. The molecule has 3 rings (SSSR count). The molecular formula is C17H16FN3. The van der Waals surface area contributed by atoms with Crippen LogP contribution in [-0.2, 0) is 13.1 Å². The molecule has 0 unspecified atom stereocenters. The molecule has 4 heteroatoms. The third-order valence-electron chi connectivity index (χ3n) is 3.31. The van der Waals surface area contributed by atoms with E-state index in [0.717, 1.165) is 23.4 Å². The molecule has 106 valence electrons. The second-order valence-corrected chi connectivity index (χ2v) is 4.90. The summed E-state index contributed by atoms with van der Waals surface area (Å²) in [5.74, 6) is -0.196. The van der Waals surface area contributed by atoms with Crippen molar-refractivity contribution in [2.75, 3.05) is 0 Å². The van der Waals surface area contributed by atoms with Crippen LogP contribution in [0.3, 0.4) is 0 Å². The minimum atomic E-state index is -0.196. The van der Waals surface area contributed by atoms with Crippen molar-refractivity contribution < 1.29 is 4.39 Å². The maximum absolute atomic E-state index is 13.1. The number of H-pyrrole nitrogens is 1. The van der Waals surface area contributed by atoms with Gasteiger partial charge in [0, 0.05) is 19.3 Å². The van der Waals surface area contributed by atoms with E-state index < -0.39 is 0 Å². The van der Waals surface area contributed by atoms with Gasteiger partial charge in [0.05, 0.1) is 5.69 Å². The quantitative estimate of drug-likeness (QED) is 0.751. The molecule has 1 heterocycles. The van der Waals surface area contributed by atoms with Crippen molar-refractivity contribution >= 4 is 0 Å². The highest BCUT2D eigenvalue weighted by Crippen LogP contribution is 2.16. The standard InChI is InChI=1S/C17H16FN3/c18-16-3-1-2-14(10-16)12-19-11-13-4-6-15(7-5-13)17-8-9-20-21-17/h1-10,19H,11-12H2,(H,20,21). The number of benzene rings is 2. The summed E-state index contributed by atoms with van der Waals surface area (Å²) in [6, 6.07) is 16.9. The van der Waals surface area contributed by atoms with E-state index in [9.17, 15) is 4.39 Å². The van der Waals surface area contributed by atoms with E-state index in [1.165, 1.54) is 11.6 Å². The number of halogens is 1. The molecule has 0 saturated heterocycles. The lowest BCUT2D eigenvalue weighted by molar-refractivity contribution is 0.620. The van der Waals surface area contributed by atoms with Crippen LogP contribution in [0.25, 0.3) is 11.3 Å². The molecule has 2 aromatic carbocycles. The number of aromatic amines is 1. The first-order chi connectivity index (χ1) is 10.3. The van der Waals surface area contributed by atoms with Crippen LogP contribution in [-0.4, -0.2) is 10.2 Å². The fourth-order valence-electron chi connectivity index (χ4n) is 2.22. The SMILES string of the molecule is Fc1cccc(CNCc2ccc(-c3ccn[nH]3)cc2)c1. The molecule has 0 aliphatic rings. The van der Waals surface area contributed by atoms with Gasteiger partial charge in [0.1, 0.15) is 5.82 Å². The number of nitrogens with zero attached hydrogens (tertiary/aromatic N) is 1. The first kappa shape index (κ1) is 13.5. The summed E-state index contributed by atoms with van der Waals surface area (Å²) in [5.41, 5.74) is 4.26. The van der Waals surface area contributed by atoms with Crippen molar-refractivity contribution in [3.8, 4) is 11.3 Å². The monoisotopic (exact) mass is 281 g/mol. The Morgan fingerprint density at radius 2 is 1.76 bits per heavy atom. The summed E-state index contributed by atoms with van der Waals surface area (Å²) in [4.78, 5) is 0. The van der Waals surface area contributed by atoms with Crippen LogP contribution in [0.5, 0.6) is 0 Å². The fourth-order valence-corrected chi connectivity index (χ4v) is 2.22. The number of rotatable bonds is 5. The van der Waals surface area contributed by atoms with Crippen molar-refractivity contribution in [2.24, 2.45) is 0 Å². The maximum Gasteiger partial charge on any atom is 0.123 e. The van der Waals surface area contributed by atoms with Gasteiger partial charge >= 0.3 is 0 Å². The number of hydrogen-bond acceptors (Lipinski definition) is 2. The van der Waals surface area contributed by atoms with Crippen molar-refractivity contribution in [1.29, 1.82) is 0 Å². The average Bonchev–Trinajstić information content (AvgIpc) is 3.02. The summed E-state index contributed by atoms with van der Waals surface area (Å²) in [6.07, 6.45) is 1.74. The zero-order valence-corrected chi connectivity index (χ0v) is 11.5. The summed E-state index contributed by atoms with van der Waals surface area (Å²) in [7, 11) is 0. The first-order valence-corrected chi connectivity index (χ1v) is 6.85. The third-order valence-corrected chi connectivity index (χ3v) is 3.31. The molecular weight excluding hydrogens is 265 g/mol. The van der Waals surface area contributed by atoms with Gasteiger partial charge < -0.3 is 5.32 Å². The van der Waals surface area contributed by atoms with Gasteiger partial charge in [0.25, 0.3) is 0 Å². The molecule has 0 bridgehead atoms. The number of hydrogen-bond donors (Lipinski definition) is 2. The largest absolute Gasteiger partial charge is 0.309 e. The van der Waals surface area contributed by atoms with E-state index in [-0.39, 0.29) is 5.82 Å². The summed E-state index contributed by atoms with van der Waals surface area (Å²) in [6.45, 7) is 1.40. The molecule has 0 saturated carbocycles. The Bertz CT molecular complexity index is 690. The Morgan fingerprint density at radius 1 is 0.952 bits per heavy atom. The van der Waals surface area contributed by atoms with E-state index >= 15 is 0 Å². The zero-order chi connectivity index (χ0) is 14.5. The second kappa shape index (κ2) is 6.33. The van der Waals surface area contributed by atoms with Gasteiger partial charge in [-0.1, -0.05) is 36.4 Å². The van der Waals surface area contributed by atoms with Crippen LogP contribution in [0, 0.1) is 5.82 Å². The van der Waals surface area contributed by atoms with E-state index in [1.54, 1.807) is 18.3 Å². The Kier molecular flexibility index (Phi) is 4.07. The van der Waals surface area contributed by atoms with Crippen molar-refractivity contribution in [2.45, 2.75) is 13.1 Å². The minimum Gasteiger partial charge on any atom is -0.309 e. The molecule has 0 fully saturated rings. The second-order valence-electron chi connectivity index (χ2n) is 4.90. The molecule has 2 N–H and O–H groups in total. The van der Waals surface area contributed by atoms with Crippen molar-refractivity contribution in [1.82, 2.24) is 15.5 Å². The molecule has 3 nitrogen and oxygen atoms in total. The predicted octanol–water partition coefficient (Wildman–Crippen LogP) is 3.51. The van der Waals surface area contributed by atoms with E-state index in [4.69, 9.17) is 0 Å². The third kappa shape index (κ3) is 3.55.